The van der Waals surface area contributed by atoms with Crippen molar-refractivity contribution in [1.82, 2.24) is 15.5 Å². The second-order valence-corrected chi connectivity index (χ2v) is 2.74. The molecule has 0 aliphatic carbocycles. The second-order valence-electron chi connectivity index (χ2n) is 2.74. The molecule has 1 unspecified atom stereocenters. The quantitative estimate of drug-likeness (QED) is 0.304. The summed E-state index contributed by atoms with van der Waals surface area (Å²) in [7, 11) is 0. The van der Waals surface area contributed by atoms with Crippen molar-refractivity contribution in [3.05, 3.63) is 18.0 Å². The molecule has 0 saturated carbocycles. The van der Waals surface area contributed by atoms with E-state index in [9.17, 15) is 4.79 Å². The molecule has 0 spiro atoms. The Bertz CT molecular complexity index is 335. The number of nitrogens with one attached hydrogen (secondary N) is 3. The number of hydrogen-bond acceptors (Lipinski definition) is 4. The number of nitrogens with zero attached hydrogens (tertiary/aromatic N) is 1. The standard InChI is InChI=1S/C8H13N5O2/c1-2-15-7(14)6(12-8(9)10)5-3-4-11-13-5/h3-4,6H,2H2,1H3,(H,11,13)(H4,9,10,12). The number of aromatic amines is 1. The van der Waals surface area contributed by atoms with E-state index in [0.29, 0.717) is 5.69 Å². The third-order valence-corrected chi connectivity index (χ3v) is 1.64. The normalized spacial score (nSPS) is 11.8. The summed E-state index contributed by atoms with van der Waals surface area (Å²) in [6.07, 6.45) is 1.57. The minimum atomic E-state index is -0.839. The minimum Gasteiger partial charge on any atom is -0.464 e. The summed E-state index contributed by atoms with van der Waals surface area (Å²) < 4.78 is 4.82. The van der Waals surface area contributed by atoms with Crippen molar-refractivity contribution >= 4 is 11.9 Å². The van der Waals surface area contributed by atoms with Crippen molar-refractivity contribution in [3.8, 4) is 0 Å². The van der Waals surface area contributed by atoms with Gasteiger partial charge in [-0.25, -0.2) is 4.79 Å². The number of guanidine groups is 1. The van der Waals surface area contributed by atoms with Crippen LogP contribution in [0.1, 0.15) is 18.7 Å². The zero-order chi connectivity index (χ0) is 11.3. The summed E-state index contributed by atoms with van der Waals surface area (Å²) in [5.74, 6) is -0.823. The van der Waals surface area contributed by atoms with Crippen molar-refractivity contribution in [2.24, 2.45) is 5.73 Å². The Balaban J connectivity index is 2.78. The van der Waals surface area contributed by atoms with E-state index in [4.69, 9.17) is 15.9 Å². The molecule has 0 radical (unpaired) electrons. The van der Waals surface area contributed by atoms with Crippen LogP contribution in [-0.2, 0) is 9.53 Å². The molecule has 0 aromatic carbocycles. The summed E-state index contributed by atoms with van der Waals surface area (Å²) in [6.45, 7) is 1.96. The number of nitrogens with two attached hydrogens (primary N) is 1. The Kier molecular flexibility index (Phi) is 3.67. The predicted octanol–water partition coefficient (Wildman–Crippen LogP) is -0.503. The average molecular weight is 211 g/mol. The fraction of sp³-hybridized carbons (Fsp3) is 0.375. The lowest BCUT2D eigenvalue weighted by Crippen LogP contribution is -2.39. The molecular formula is C8H13N5O2. The molecular weight excluding hydrogens is 198 g/mol. The molecule has 5 N–H and O–H groups in total. The molecule has 0 aliphatic rings. The van der Waals surface area contributed by atoms with Crippen LogP contribution in [0.4, 0.5) is 0 Å². The highest BCUT2D eigenvalue weighted by Crippen LogP contribution is 2.10. The molecule has 7 heteroatoms. The van der Waals surface area contributed by atoms with Gasteiger partial charge in [0.2, 0.25) is 0 Å². The van der Waals surface area contributed by atoms with Crippen LogP contribution in [-0.4, -0.2) is 28.7 Å². The van der Waals surface area contributed by atoms with Crippen LogP contribution >= 0.6 is 0 Å². The first-order chi connectivity index (χ1) is 7.15. The van der Waals surface area contributed by atoms with Gasteiger partial charge in [-0.2, -0.15) is 5.10 Å². The molecule has 0 saturated heterocycles. The first-order valence-electron chi connectivity index (χ1n) is 4.42. The van der Waals surface area contributed by atoms with Crippen molar-refractivity contribution < 1.29 is 9.53 Å². The Labute approximate surface area is 86.5 Å². The smallest absolute Gasteiger partial charge is 0.335 e. The maximum absolute atomic E-state index is 11.5. The highest BCUT2D eigenvalue weighted by atomic mass is 16.5. The minimum absolute atomic E-state index is 0.263. The Morgan fingerprint density at radius 1 is 1.87 bits per heavy atom. The first kappa shape index (κ1) is 11.0. The van der Waals surface area contributed by atoms with Gasteiger partial charge in [0.05, 0.1) is 12.3 Å². The van der Waals surface area contributed by atoms with Gasteiger partial charge in [0.25, 0.3) is 0 Å². The zero-order valence-electron chi connectivity index (χ0n) is 8.28. The van der Waals surface area contributed by atoms with Crippen LogP contribution in [0.5, 0.6) is 0 Å². The lowest BCUT2D eigenvalue weighted by atomic mass is 10.2. The van der Waals surface area contributed by atoms with Crippen LogP contribution in [0, 0.1) is 5.41 Å². The molecule has 0 amide bonds. The molecule has 1 rings (SSSR count). The topological polar surface area (TPSA) is 117 Å². The monoisotopic (exact) mass is 211 g/mol. The van der Waals surface area contributed by atoms with Gasteiger partial charge in [-0.05, 0) is 13.0 Å². The molecule has 82 valence electrons. The molecule has 0 bridgehead atoms. The first-order valence-corrected chi connectivity index (χ1v) is 4.42. The number of ether oxygens (including phenoxy) is 1. The largest absolute Gasteiger partial charge is 0.464 e. The molecule has 7 nitrogen and oxygen atoms in total. The number of H-pyrrole nitrogens is 1. The number of rotatable bonds is 4. The van der Waals surface area contributed by atoms with Crippen molar-refractivity contribution in [2.75, 3.05) is 6.61 Å². The molecule has 1 atom stereocenters. The van der Waals surface area contributed by atoms with E-state index in [1.807, 2.05) is 0 Å². The number of esters is 1. The van der Waals surface area contributed by atoms with E-state index in [1.54, 1.807) is 19.2 Å². The number of hydrogen-bond donors (Lipinski definition) is 4. The summed E-state index contributed by atoms with van der Waals surface area (Å²) in [4.78, 5) is 11.5. The van der Waals surface area contributed by atoms with Crippen LogP contribution in [0.15, 0.2) is 12.3 Å². The molecule has 1 aromatic heterocycles. The Morgan fingerprint density at radius 2 is 2.60 bits per heavy atom. The lowest BCUT2D eigenvalue weighted by Gasteiger charge is -2.14. The summed E-state index contributed by atoms with van der Waals surface area (Å²) >= 11 is 0. The van der Waals surface area contributed by atoms with Crippen LogP contribution in [0.2, 0.25) is 0 Å². The Hall–Kier alpha value is -2.05. The fourth-order valence-electron chi connectivity index (χ4n) is 1.07. The van der Waals surface area contributed by atoms with Gasteiger partial charge in [0, 0.05) is 6.20 Å². The molecule has 0 fully saturated rings. The van der Waals surface area contributed by atoms with E-state index in [1.165, 1.54) is 0 Å². The molecule has 1 aromatic rings. The van der Waals surface area contributed by atoms with Crippen molar-refractivity contribution in [1.29, 1.82) is 5.41 Å². The van der Waals surface area contributed by atoms with Crippen LogP contribution < -0.4 is 11.1 Å². The van der Waals surface area contributed by atoms with Crippen LogP contribution in [0.25, 0.3) is 0 Å². The highest BCUT2D eigenvalue weighted by Gasteiger charge is 2.23. The van der Waals surface area contributed by atoms with Crippen LogP contribution in [0.3, 0.4) is 0 Å². The Morgan fingerprint density at radius 3 is 3.07 bits per heavy atom. The van der Waals surface area contributed by atoms with Gasteiger partial charge in [0.15, 0.2) is 12.0 Å². The molecule has 1 heterocycles. The maximum Gasteiger partial charge on any atom is 0.335 e. The van der Waals surface area contributed by atoms with E-state index < -0.39 is 12.0 Å². The molecule has 0 aliphatic heterocycles. The van der Waals surface area contributed by atoms with E-state index in [2.05, 4.69) is 15.5 Å². The number of carbonyl (C=O) groups is 1. The third-order valence-electron chi connectivity index (χ3n) is 1.64. The van der Waals surface area contributed by atoms with Gasteiger partial charge in [0.1, 0.15) is 0 Å². The van der Waals surface area contributed by atoms with E-state index >= 15 is 0 Å². The number of carbonyl (C=O) groups excluding carboxylic acids is 1. The number of aromatic nitrogens is 2. The maximum atomic E-state index is 11.5. The average Bonchev–Trinajstić information content (AvgIpc) is 2.66. The summed E-state index contributed by atoms with van der Waals surface area (Å²) in [6, 6.07) is 0.769. The molecule has 15 heavy (non-hydrogen) atoms. The van der Waals surface area contributed by atoms with Gasteiger partial charge >= 0.3 is 5.97 Å². The predicted molar refractivity (Wildman–Crippen MR) is 53.0 cm³/mol. The van der Waals surface area contributed by atoms with Crippen molar-refractivity contribution in [2.45, 2.75) is 13.0 Å². The third kappa shape index (κ3) is 2.97. The van der Waals surface area contributed by atoms with Gasteiger partial charge in [-0.15, -0.1) is 0 Å². The van der Waals surface area contributed by atoms with Gasteiger partial charge in [-0.3, -0.25) is 10.5 Å². The van der Waals surface area contributed by atoms with E-state index in [-0.39, 0.29) is 12.6 Å². The SMILES string of the molecule is CCOC(=O)C(NC(=N)N)c1cc[nH]n1. The lowest BCUT2D eigenvalue weighted by molar-refractivity contribution is -0.145. The summed E-state index contributed by atoms with van der Waals surface area (Å²) in [5.41, 5.74) is 5.59. The zero-order valence-corrected chi connectivity index (χ0v) is 8.28. The highest BCUT2D eigenvalue weighted by molar-refractivity contribution is 5.84. The second kappa shape index (κ2) is 4.99. The van der Waals surface area contributed by atoms with Crippen molar-refractivity contribution in [3.63, 3.8) is 0 Å². The van der Waals surface area contributed by atoms with Gasteiger partial charge < -0.3 is 15.8 Å². The van der Waals surface area contributed by atoms with Gasteiger partial charge in [-0.1, -0.05) is 0 Å². The summed E-state index contributed by atoms with van der Waals surface area (Å²) in [5, 5.41) is 15.9. The van der Waals surface area contributed by atoms with E-state index in [0.717, 1.165) is 0 Å². The fourth-order valence-corrected chi connectivity index (χ4v) is 1.07.